The number of fused-ring (bicyclic) bond motifs is 2. The maximum Gasteiger partial charge on any atom is 0.226 e. The first-order chi connectivity index (χ1) is 13.3. The first-order valence-electron chi connectivity index (χ1n) is 9.58. The summed E-state index contributed by atoms with van der Waals surface area (Å²) >= 11 is 1.65. The number of piperidine rings is 1. The number of benzene rings is 1. The van der Waals surface area contributed by atoms with E-state index in [1.165, 1.54) is 11.1 Å². The lowest BCUT2D eigenvalue weighted by molar-refractivity contribution is -0.137. The number of aromatic nitrogens is 2. The number of hydrogen-bond donors (Lipinski definition) is 0. The predicted molar refractivity (Wildman–Crippen MR) is 108 cm³/mol. The van der Waals surface area contributed by atoms with Crippen LogP contribution in [-0.2, 0) is 17.8 Å². The number of carbonyl (C=O) groups is 1. The lowest BCUT2D eigenvalue weighted by atomic mass is 9.93. The summed E-state index contributed by atoms with van der Waals surface area (Å²) in [6, 6.07) is 10.6. The highest BCUT2D eigenvalue weighted by Crippen LogP contribution is 2.31. The van der Waals surface area contributed by atoms with Crippen molar-refractivity contribution in [2.24, 2.45) is 5.92 Å². The largest absolute Gasteiger partial charge is 0.356 e. The normalized spacial score (nSPS) is 17.9. The van der Waals surface area contributed by atoms with Crippen LogP contribution in [0.4, 0.5) is 5.82 Å². The second-order valence-electron chi connectivity index (χ2n) is 7.38. The molecule has 0 saturated carbocycles. The van der Waals surface area contributed by atoms with Crippen LogP contribution in [0.2, 0.25) is 0 Å². The van der Waals surface area contributed by atoms with Gasteiger partial charge in [-0.15, -0.1) is 11.3 Å². The van der Waals surface area contributed by atoms with E-state index in [0.29, 0.717) is 5.91 Å². The van der Waals surface area contributed by atoms with Gasteiger partial charge >= 0.3 is 0 Å². The maximum atomic E-state index is 13.1. The van der Waals surface area contributed by atoms with E-state index in [2.05, 4.69) is 55.5 Å². The molecule has 3 aromatic rings. The first kappa shape index (κ1) is 16.7. The van der Waals surface area contributed by atoms with Crippen LogP contribution < -0.4 is 4.90 Å². The lowest BCUT2D eigenvalue weighted by Crippen LogP contribution is -2.44. The van der Waals surface area contributed by atoms with Crippen molar-refractivity contribution < 1.29 is 4.79 Å². The molecule has 0 unspecified atom stereocenters. The minimum absolute atomic E-state index is 0.131. The summed E-state index contributed by atoms with van der Waals surface area (Å²) in [4.78, 5) is 27.3. The molecular formula is C21H22N4OS. The number of carbonyl (C=O) groups excluding carboxylic acids is 1. The fourth-order valence-electron chi connectivity index (χ4n) is 4.31. The van der Waals surface area contributed by atoms with Crippen LogP contribution in [0.3, 0.4) is 0 Å². The third kappa shape index (κ3) is 3.08. The van der Waals surface area contributed by atoms with E-state index < -0.39 is 0 Å². The summed E-state index contributed by atoms with van der Waals surface area (Å²) in [5.74, 6) is 1.47. The Bertz CT molecular complexity index is 977. The van der Waals surface area contributed by atoms with Crippen LogP contribution in [0.25, 0.3) is 10.2 Å². The zero-order valence-electron chi connectivity index (χ0n) is 15.2. The third-order valence-electron chi connectivity index (χ3n) is 5.83. The van der Waals surface area contributed by atoms with Gasteiger partial charge in [-0.05, 0) is 41.8 Å². The van der Waals surface area contributed by atoms with Crippen molar-refractivity contribution in [1.29, 1.82) is 0 Å². The molecule has 4 heterocycles. The Morgan fingerprint density at radius 1 is 1.04 bits per heavy atom. The molecule has 0 spiro atoms. The summed E-state index contributed by atoms with van der Waals surface area (Å²) in [6.07, 6.45) is 4.41. The van der Waals surface area contributed by atoms with E-state index in [1.54, 1.807) is 17.7 Å². The van der Waals surface area contributed by atoms with Gasteiger partial charge in [-0.1, -0.05) is 24.3 Å². The van der Waals surface area contributed by atoms with E-state index in [-0.39, 0.29) is 5.92 Å². The highest BCUT2D eigenvalue weighted by Gasteiger charge is 2.31. The Morgan fingerprint density at radius 2 is 1.85 bits per heavy atom. The van der Waals surface area contributed by atoms with Gasteiger partial charge in [0.1, 0.15) is 17.0 Å². The van der Waals surface area contributed by atoms with E-state index in [9.17, 15) is 4.79 Å². The van der Waals surface area contributed by atoms with Crippen molar-refractivity contribution in [3.8, 4) is 0 Å². The zero-order valence-corrected chi connectivity index (χ0v) is 16.0. The Hall–Kier alpha value is -2.47. The predicted octanol–water partition coefficient (Wildman–Crippen LogP) is 3.49. The molecule has 0 atom stereocenters. The molecule has 5 rings (SSSR count). The molecule has 0 aliphatic carbocycles. The van der Waals surface area contributed by atoms with Crippen LogP contribution in [0.15, 0.2) is 42.0 Å². The molecule has 5 nitrogen and oxygen atoms in total. The molecular weight excluding hydrogens is 356 g/mol. The molecule has 6 heteroatoms. The summed E-state index contributed by atoms with van der Waals surface area (Å²) in [5.41, 5.74) is 2.69. The summed E-state index contributed by atoms with van der Waals surface area (Å²) in [7, 11) is 0. The highest BCUT2D eigenvalue weighted by atomic mass is 32.1. The number of thiophene rings is 1. The molecule has 27 heavy (non-hydrogen) atoms. The molecule has 1 saturated heterocycles. The van der Waals surface area contributed by atoms with E-state index in [1.807, 2.05) is 0 Å². The van der Waals surface area contributed by atoms with Crippen molar-refractivity contribution in [2.45, 2.75) is 25.8 Å². The Balaban J connectivity index is 1.26. The Kier molecular flexibility index (Phi) is 4.28. The monoisotopic (exact) mass is 378 g/mol. The number of anilines is 1. The number of amides is 1. The van der Waals surface area contributed by atoms with Crippen molar-refractivity contribution in [3.63, 3.8) is 0 Å². The molecule has 1 amide bonds. The van der Waals surface area contributed by atoms with Gasteiger partial charge in [0.25, 0.3) is 0 Å². The van der Waals surface area contributed by atoms with Crippen LogP contribution in [0.1, 0.15) is 24.0 Å². The van der Waals surface area contributed by atoms with Crippen LogP contribution in [0, 0.1) is 5.92 Å². The molecule has 2 aliphatic heterocycles. The fraction of sp³-hybridized carbons (Fsp3) is 0.381. The van der Waals surface area contributed by atoms with Crippen molar-refractivity contribution in [1.82, 2.24) is 14.9 Å². The first-order valence-corrected chi connectivity index (χ1v) is 10.5. The molecule has 2 aromatic heterocycles. The molecule has 2 aliphatic rings. The average molecular weight is 379 g/mol. The van der Waals surface area contributed by atoms with Crippen molar-refractivity contribution in [2.75, 3.05) is 24.5 Å². The Labute approximate surface area is 162 Å². The van der Waals surface area contributed by atoms with Crippen LogP contribution in [-0.4, -0.2) is 40.4 Å². The fourth-order valence-corrected chi connectivity index (χ4v) is 5.04. The smallest absolute Gasteiger partial charge is 0.226 e. The average Bonchev–Trinajstić information content (AvgIpc) is 3.22. The number of rotatable bonds is 2. The molecule has 1 fully saturated rings. The second kappa shape index (κ2) is 6.93. The van der Waals surface area contributed by atoms with Crippen molar-refractivity contribution in [3.05, 3.63) is 53.2 Å². The molecule has 0 N–H and O–H groups in total. The van der Waals surface area contributed by atoms with E-state index >= 15 is 0 Å². The standard InChI is InChI=1S/C21H22N4OS/c26-21(25-11-5-15-3-1-2-4-17(15)13-25)16-6-9-24(10-7-16)19-18-8-12-27-20(18)23-14-22-19/h1-4,8,12,14,16H,5-7,9-11,13H2. The molecule has 1 aromatic carbocycles. The SMILES string of the molecule is O=C(C1CCN(c2ncnc3sccc23)CC1)N1CCc2ccccc2C1. The van der Waals surface area contributed by atoms with Gasteiger partial charge in [0.05, 0.1) is 5.39 Å². The zero-order chi connectivity index (χ0) is 18.2. The van der Waals surface area contributed by atoms with Gasteiger partial charge in [0.2, 0.25) is 5.91 Å². The van der Waals surface area contributed by atoms with E-state index in [4.69, 9.17) is 0 Å². The summed E-state index contributed by atoms with van der Waals surface area (Å²) in [5, 5.41) is 3.19. The summed E-state index contributed by atoms with van der Waals surface area (Å²) in [6.45, 7) is 3.36. The van der Waals surface area contributed by atoms with Gasteiger partial charge in [0, 0.05) is 32.1 Å². The maximum absolute atomic E-state index is 13.1. The van der Waals surface area contributed by atoms with Gasteiger partial charge in [0.15, 0.2) is 0 Å². The van der Waals surface area contributed by atoms with E-state index in [0.717, 1.165) is 61.5 Å². The minimum Gasteiger partial charge on any atom is -0.356 e. The molecule has 0 bridgehead atoms. The van der Waals surface area contributed by atoms with Crippen molar-refractivity contribution >= 4 is 33.3 Å². The lowest BCUT2D eigenvalue weighted by Gasteiger charge is -2.36. The highest BCUT2D eigenvalue weighted by molar-refractivity contribution is 7.16. The molecule has 0 radical (unpaired) electrons. The third-order valence-corrected chi connectivity index (χ3v) is 6.65. The topological polar surface area (TPSA) is 49.3 Å². The quantitative estimate of drug-likeness (QED) is 0.685. The number of hydrogen-bond acceptors (Lipinski definition) is 5. The minimum atomic E-state index is 0.131. The Morgan fingerprint density at radius 3 is 2.70 bits per heavy atom. The second-order valence-corrected chi connectivity index (χ2v) is 8.27. The van der Waals surface area contributed by atoms with Gasteiger partial charge < -0.3 is 9.80 Å². The van der Waals surface area contributed by atoms with Gasteiger partial charge in [-0.25, -0.2) is 9.97 Å². The molecule has 138 valence electrons. The van der Waals surface area contributed by atoms with Crippen LogP contribution in [0.5, 0.6) is 0 Å². The van der Waals surface area contributed by atoms with Gasteiger partial charge in [-0.2, -0.15) is 0 Å². The number of nitrogens with zero attached hydrogens (tertiary/aromatic N) is 4. The summed E-state index contributed by atoms with van der Waals surface area (Å²) < 4.78 is 0. The van der Waals surface area contributed by atoms with Crippen LogP contribution >= 0.6 is 11.3 Å². The van der Waals surface area contributed by atoms with Gasteiger partial charge in [-0.3, -0.25) is 4.79 Å².